The fraction of sp³-hybridized carbons (Fsp3) is 0.632. The summed E-state index contributed by atoms with van der Waals surface area (Å²) in [6.45, 7) is 4.40. The van der Waals surface area contributed by atoms with Crippen molar-refractivity contribution in [3.8, 4) is 5.75 Å². The Labute approximate surface area is 148 Å². The number of nitrogens with zero attached hydrogens (tertiary/aromatic N) is 1. The highest BCUT2D eigenvalue weighted by Gasteiger charge is 2.63. The number of aliphatic hydroxyl groups is 1. The molecule has 2 atom stereocenters. The fourth-order valence-corrected chi connectivity index (χ4v) is 4.38. The number of benzene rings is 1. The predicted molar refractivity (Wildman–Crippen MR) is 92.6 cm³/mol. The van der Waals surface area contributed by atoms with E-state index < -0.39 is 5.97 Å². The maximum atomic E-state index is 10.6. The van der Waals surface area contributed by atoms with Crippen molar-refractivity contribution in [1.82, 2.24) is 4.90 Å². The van der Waals surface area contributed by atoms with Gasteiger partial charge in [-0.3, -0.25) is 4.90 Å². The number of likely N-dealkylation sites (tertiary alicyclic amines) is 1. The Morgan fingerprint density at radius 1 is 1.36 bits per heavy atom. The van der Waals surface area contributed by atoms with Crippen LogP contribution in [0.4, 0.5) is 0 Å². The molecule has 1 aliphatic carbocycles. The van der Waals surface area contributed by atoms with Gasteiger partial charge in [-0.15, -0.1) is 0 Å². The number of aliphatic carboxylic acids is 1. The van der Waals surface area contributed by atoms with Gasteiger partial charge in [0.25, 0.3) is 0 Å². The summed E-state index contributed by atoms with van der Waals surface area (Å²) in [4.78, 5) is 13.0. The molecule has 1 saturated heterocycles. The van der Waals surface area contributed by atoms with E-state index in [1.165, 1.54) is 0 Å². The van der Waals surface area contributed by atoms with Crippen LogP contribution in [0.5, 0.6) is 5.75 Å². The monoisotopic (exact) mass is 349 g/mol. The standard InChI is InChI=1S/C19H27NO5/c1-18(24-2)11-16(21)19(18)6-8-20(9-7-19)12-14-4-3-5-15(10-14)25-13-17(22)23/h3-5,10,16,21H,6-9,11-13H2,1-2H3,(H,22,23)/t16-,18+/m1/s1. The zero-order valence-electron chi connectivity index (χ0n) is 14.9. The molecule has 1 aliphatic heterocycles. The van der Waals surface area contributed by atoms with Gasteiger partial charge in [-0.2, -0.15) is 0 Å². The second-order valence-electron chi connectivity index (χ2n) is 7.42. The molecule has 2 fully saturated rings. The lowest BCUT2D eigenvalue weighted by Gasteiger charge is -2.63. The van der Waals surface area contributed by atoms with Gasteiger partial charge in [0.2, 0.25) is 0 Å². The Bertz CT molecular complexity index is 626. The molecule has 6 nitrogen and oxygen atoms in total. The molecule has 138 valence electrons. The van der Waals surface area contributed by atoms with E-state index in [2.05, 4.69) is 11.8 Å². The number of rotatable bonds is 6. The molecular formula is C19H27NO5. The lowest BCUT2D eigenvalue weighted by molar-refractivity contribution is -0.261. The molecule has 1 heterocycles. The van der Waals surface area contributed by atoms with E-state index in [9.17, 15) is 9.90 Å². The van der Waals surface area contributed by atoms with Gasteiger partial charge in [-0.1, -0.05) is 12.1 Å². The molecule has 6 heteroatoms. The van der Waals surface area contributed by atoms with Crippen molar-refractivity contribution in [1.29, 1.82) is 0 Å². The summed E-state index contributed by atoms with van der Waals surface area (Å²) in [6, 6.07) is 7.57. The number of ether oxygens (including phenoxy) is 2. The molecule has 0 aromatic heterocycles. The molecule has 2 aliphatic rings. The first-order valence-electron chi connectivity index (χ1n) is 8.78. The van der Waals surface area contributed by atoms with Crippen molar-refractivity contribution >= 4 is 5.97 Å². The summed E-state index contributed by atoms with van der Waals surface area (Å²) < 4.78 is 11.0. The zero-order valence-corrected chi connectivity index (χ0v) is 14.9. The maximum Gasteiger partial charge on any atom is 0.341 e. The predicted octanol–water partition coefficient (Wildman–Crippen LogP) is 1.90. The smallest absolute Gasteiger partial charge is 0.341 e. The third-order valence-electron chi connectivity index (χ3n) is 6.14. The topological polar surface area (TPSA) is 79.2 Å². The average Bonchev–Trinajstić information content (AvgIpc) is 2.60. The molecule has 1 spiro atoms. The molecule has 1 saturated carbocycles. The van der Waals surface area contributed by atoms with Crippen LogP contribution in [-0.4, -0.2) is 59.6 Å². The lowest BCUT2D eigenvalue weighted by Crippen LogP contribution is -2.68. The molecule has 0 unspecified atom stereocenters. The maximum absolute atomic E-state index is 10.6. The van der Waals surface area contributed by atoms with Crippen LogP contribution in [0.25, 0.3) is 0 Å². The third-order valence-corrected chi connectivity index (χ3v) is 6.14. The van der Waals surface area contributed by atoms with E-state index in [4.69, 9.17) is 14.6 Å². The first kappa shape index (κ1) is 18.2. The Morgan fingerprint density at radius 3 is 2.68 bits per heavy atom. The highest BCUT2D eigenvalue weighted by atomic mass is 16.5. The van der Waals surface area contributed by atoms with E-state index in [1.54, 1.807) is 13.2 Å². The van der Waals surface area contributed by atoms with Crippen LogP contribution in [0.1, 0.15) is 31.7 Å². The molecule has 2 N–H and O–H groups in total. The number of carboxylic acids is 1. The van der Waals surface area contributed by atoms with E-state index in [0.717, 1.165) is 38.0 Å². The Kier molecular flexibility index (Phi) is 5.04. The van der Waals surface area contributed by atoms with Crippen molar-refractivity contribution in [3.63, 3.8) is 0 Å². The van der Waals surface area contributed by atoms with Crippen molar-refractivity contribution in [3.05, 3.63) is 29.8 Å². The van der Waals surface area contributed by atoms with E-state index >= 15 is 0 Å². The first-order valence-corrected chi connectivity index (χ1v) is 8.78. The van der Waals surface area contributed by atoms with Gasteiger partial charge in [0.15, 0.2) is 6.61 Å². The molecule has 0 bridgehead atoms. The van der Waals surface area contributed by atoms with Crippen LogP contribution in [-0.2, 0) is 16.1 Å². The molecule has 3 rings (SSSR count). The van der Waals surface area contributed by atoms with Gasteiger partial charge >= 0.3 is 5.97 Å². The lowest BCUT2D eigenvalue weighted by atomic mass is 9.51. The minimum atomic E-state index is -0.980. The van der Waals surface area contributed by atoms with Crippen LogP contribution in [0, 0.1) is 5.41 Å². The third kappa shape index (κ3) is 3.38. The second-order valence-corrected chi connectivity index (χ2v) is 7.42. The number of hydrogen-bond donors (Lipinski definition) is 2. The van der Waals surface area contributed by atoms with Crippen LogP contribution in [0.2, 0.25) is 0 Å². The molecule has 1 aromatic rings. The Balaban J connectivity index is 1.58. The van der Waals surface area contributed by atoms with Gasteiger partial charge in [0.05, 0.1) is 11.7 Å². The van der Waals surface area contributed by atoms with E-state index in [1.807, 2.05) is 18.2 Å². The van der Waals surface area contributed by atoms with Gasteiger partial charge < -0.3 is 19.7 Å². The van der Waals surface area contributed by atoms with Gasteiger partial charge in [-0.05, 0) is 50.6 Å². The number of hydrogen-bond acceptors (Lipinski definition) is 5. The summed E-state index contributed by atoms with van der Waals surface area (Å²) in [7, 11) is 1.74. The van der Waals surface area contributed by atoms with Crippen LogP contribution in [0.15, 0.2) is 24.3 Å². The van der Waals surface area contributed by atoms with Gasteiger partial charge in [0.1, 0.15) is 5.75 Å². The summed E-state index contributed by atoms with van der Waals surface area (Å²) in [5.41, 5.74) is 0.760. The van der Waals surface area contributed by atoms with Crippen molar-refractivity contribution < 1.29 is 24.5 Å². The highest BCUT2D eigenvalue weighted by molar-refractivity contribution is 5.68. The number of methoxy groups -OCH3 is 1. The minimum Gasteiger partial charge on any atom is -0.482 e. The second kappa shape index (κ2) is 6.94. The molecular weight excluding hydrogens is 322 g/mol. The number of piperidine rings is 1. The summed E-state index contributed by atoms with van der Waals surface area (Å²) in [5, 5.41) is 19.0. The van der Waals surface area contributed by atoms with Crippen molar-refractivity contribution in [2.24, 2.45) is 5.41 Å². The van der Waals surface area contributed by atoms with Crippen LogP contribution >= 0.6 is 0 Å². The summed E-state index contributed by atoms with van der Waals surface area (Å²) in [5.74, 6) is -0.401. The van der Waals surface area contributed by atoms with E-state index in [0.29, 0.717) is 12.2 Å². The van der Waals surface area contributed by atoms with Gasteiger partial charge in [-0.25, -0.2) is 4.79 Å². The molecule has 1 aromatic carbocycles. The Morgan fingerprint density at radius 2 is 2.08 bits per heavy atom. The quantitative estimate of drug-likeness (QED) is 0.817. The molecule has 0 amide bonds. The van der Waals surface area contributed by atoms with Crippen molar-refractivity contribution in [2.45, 2.75) is 44.4 Å². The number of carboxylic acid groups (broad SMARTS) is 1. The fourth-order valence-electron chi connectivity index (χ4n) is 4.38. The van der Waals surface area contributed by atoms with Crippen molar-refractivity contribution in [2.75, 3.05) is 26.8 Å². The zero-order chi connectivity index (χ0) is 18.1. The Hall–Kier alpha value is -1.63. The minimum absolute atomic E-state index is 0.120. The average molecular weight is 349 g/mol. The highest BCUT2D eigenvalue weighted by Crippen LogP contribution is 2.58. The summed E-state index contributed by atoms with van der Waals surface area (Å²) in [6.07, 6.45) is 2.29. The number of carbonyl (C=O) groups is 1. The van der Waals surface area contributed by atoms with Gasteiger partial charge in [0, 0.05) is 25.5 Å². The SMILES string of the molecule is CO[C@@]1(C)C[C@@H](O)C12CCN(Cc1cccc(OCC(=O)O)c1)CC2. The summed E-state index contributed by atoms with van der Waals surface area (Å²) >= 11 is 0. The number of aliphatic hydroxyl groups excluding tert-OH is 1. The first-order chi connectivity index (χ1) is 11.9. The molecule has 25 heavy (non-hydrogen) atoms. The largest absolute Gasteiger partial charge is 0.482 e. The normalized spacial score (nSPS) is 28.5. The van der Waals surface area contributed by atoms with Crippen LogP contribution < -0.4 is 4.74 Å². The van der Waals surface area contributed by atoms with Crippen LogP contribution in [0.3, 0.4) is 0 Å². The molecule has 0 radical (unpaired) electrons. The van der Waals surface area contributed by atoms with E-state index in [-0.39, 0.29) is 23.7 Å².